The van der Waals surface area contributed by atoms with E-state index in [2.05, 4.69) is 0 Å². The molecule has 0 atom stereocenters. The van der Waals surface area contributed by atoms with Crippen molar-refractivity contribution in [3.63, 3.8) is 0 Å². The molecule has 0 aliphatic heterocycles. The Bertz CT molecular complexity index is 204. The summed E-state index contributed by atoms with van der Waals surface area (Å²) in [6.45, 7) is 0. The van der Waals surface area contributed by atoms with Crippen molar-refractivity contribution < 1.29 is 13.2 Å². The summed E-state index contributed by atoms with van der Waals surface area (Å²) >= 11 is 0. The molecule has 0 unspecified atom stereocenters. The monoisotopic (exact) mass is 139 g/mol. The van der Waals surface area contributed by atoms with Crippen LogP contribution in [0.25, 0.3) is 0 Å². The van der Waals surface area contributed by atoms with Gasteiger partial charge in [-0.25, -0.2) is 13.2 Å². The van der Waals surface area contributed by atoms with Gasteiger partial charge in [0.25, 0.3) is 0 Å². The predicted octanol–water partition coefficient (Wildman–Crippen LogP) is 1.72. The van der Waals surface area contributed by atoms with Gasteiger partial charge in [-0.05, 0) is 12.1 Å². The summed E-state index contributed by atoms with van der Waals surface area (Å²) in [7, 11) is 0. The molecule has 0 aliphatic rings. The van der Waals surface area contributed by atoms with E-state index >= 15 is 0 Å². The Labute approximate surface area is 68.2 Å². The standard InChI is InChI=1S/C6H3F3.Li/c7-4-2-1-3-5(8)6(4)9;/h1-3H;. The molecule has 0 spiro atoms. The maximum Gasteiger partial charge on any atom is 0.194 e. The Kier molecular flexibility index (Phi) is 3.55. The molecule has 49 valence electrons. The zero-order valence-electron chi connectivity index (χ0n) is 5.37. The maximum atomic E-state index is 12.0. The third kappa shape index (κ3) is 1.79. The number of benzene rings is 1. The van der Waals surface area contributed by atoms with Crippen molar-refractivity contribution in [1.82, 2.24) is 0 Å². The third-order valence-electron chi connectivity index (χ3n) is 0.904. The molecule has 0 saturated carbocycles. The van der Waals surface area contributed by atoms with Crippen molar-refractivity contribution in [3.05, 3.63) is 35.7 Å². The second-order valence-corrected chi connectivity index (χ2v) is 1.54. The summed E-state index contributed by atoms with van der Waals surface area (Å²) in [6.07, 6.45) is 0. The van der Waals surface area contributed by atoms with E-state index in [9.17, 15) is 13.2 Å². The van der Waals surface area contributed by atoms with Gasteiger partial charge < -0.3 is 0 Å². The molecule has 0 nitrogen and oxygen atoms in total. The molecule has 1 radical (unpaired) electrons. The zero-order chi connectivity index (χ0) is 6.85. The van der Waals surface area contributed by atoms with Gasteiger partial charge in [-0.15, -0.1) is 0 Å². The molecular formula is C6H3F3Li. The van der Waals surface area contributed by atoms with E-state index in [4.69, 9.17) is 0 Å². The van der Waals surface area contributed by atoms with Crippen molar-refractivity contribution in [2.45, 2.75) is 0 Å². The molecule has 1 aromatic carbocycles. The maximum absolute atomic E-state index is 12.0. The van der Waals surface area contributed by atoms with E-state index in [1.165, 1.54) is 0 Å². The summed E-state index contributed by atoms with van der Waals surface area (Å²) in [4.78, 5) is 0. The van der Waals surface area contributed by atoms with Crippen LogP contribution in [-0.4, -0.2) is 18.9 Å². The van der Waals surface area contributed by atoms with Gasteiger partial charge in [-0.3, -0.25) is 0 Å². The van der Waals surface area contributed by atoms with Gasteiger partial charge in [0.15, 0.2) is 17.5 Å². The van der Waals surface area contributed by atoms with Gasteiger partial charge in [-0.2, -0.15) is 0 Å². The number of rotatable bonds is 0. The first-order chi connectivity index (χ1) is 4.22. The van der Waals surface area contributed by atoms with Crippen molar-refractivity contribution >= 4 is 18.9 Å². The van der Waals surface area contributed by atoms with Gasteiger partial charge in [-0.1, -0.05) is 6.07 Å². The Hall–Kier alpha value is -0.393. The second-order valence-electron chi connectivity index (χ2n) is 1.54. The first kappa shape index (κ1) is 9.61. The fourth-order valence-corrected chi connectivity index (χ4v) is 0.477. The van der Waals surface area contributed by atoms with Gasteiger partial charge in [0, 0.05) is 18.9 Å². The Morgan fingerprint density at radius 2 is 1.30 bits per heavy atom. The van der Waals surface area contributed by atoms with Gasteiger partial charge in [0.2, 0.25) is 0 Å². The SMILES string of the molecule is Fc1cccc(F)c1F.[Li]. The first-order valence-corrected chi connectivity index (χ1v) is 2.31. The molecule has 10 heavy (non-hydrogen) atoms. The first-order valence-electron chi connectivity index (χ1n) is 2.31. The van der Waals surface area contributed by atoms with Crippen LogP contribution in [0.2, 0.25) is 0 Å². The Morgan fingerprint density at radius 1 is 0.900 bits per heavy atom. The average molecular weight is 139 g/mol. The van der Waals surface area contributed by atoms with Gasteiger partial charge in [0.1, 0.15) is 0 Å². The Morgan fingerprint density at radius 3 is 1.60 bits per heavy atom. The molecule has 1 rings (SSSR count). The minimum absolute atomic E-state index is 0. The van der Waals surface area contributed by atoms with E-state index in [1.807, 2.05) is 0 Å². The summed E-state index contributed by atoms with van der Waals surface area (Å²) < 4.78 is 35.9. The van der Waals surface area contributed by atoms with Crippen molar-refractivity contribution in [1.29, 1.82) is 0 Å². The number of halogens is 3. The van der Waals surface area contributed by atoms with E-state index in [1.54, 1.807) is 0 Å². The van der Waals surface area contributed by atoms with Crippen LogP contribution >= 0.6 is 0 Å². The molecule has 0 aromatic heterocycles. The average Bonchev–Trinajstić information content (AvgIpc) is 1.83. The summed E-state index contributed by atoms with van der Waals surface area (Å²) in [6, 6.07) is 2.82. The summed E-state index contributed by atoms with van der Waals surface area (Å²) in [5.41, 5.74) is 0. The van der Waals surface area contributed by atoms with Crippen molar-refractivity contribution in [2.24, 2.45) is 0 Å². The van der Waals surface area contributed by atoms with E-state index in [0.29, 0.717) is 0 Å². The van der Waals surface area contributed by atoms with Crippen LogP contribution in [0.4, 0.5) is 13.2 Å². The van der Waals surface area contributed by atoms with Crippen LogP contribution < -0.4 is 0 Å². The van der Waals surface area contributed by atoms with Crippen LogP contribution in [0.1, 0.15) is 0 Å². The summed E-state index contributed by atoms with van der Waals surface area (Å²) in [5, 5.41) is 0. The quantitative estimate of drug-likeness (QED) is 0.379. The second kappa shape index (κ2) is 3.70. The van der Waals surface area contributed by atoms with Gasteiger partial charge in [0.05, 0.1) is 0 Å². The Balaban J connectivity index is 0.000000810. The normalized spacial score (nSPS) is 8.70. The molecular weight excluding hydrogens is 136 g/mol. The molecule has 0 amide bonds. The van der Waals surface area contributed by atoms with Crippen LogP contribution in [0.5, 0.6) is 0 Å². The van der Waals surface area contributed by atoms with Crippen molar-refractivity contribution in [2.75, 3.05) is 0 Å². The molecule has 0 heterocycles. The molecule has 0 fully saturated rings. The van der Waals surface area contributed by atoms with E-state index < -0.39 is 17.5 Å². The molecule has 0 aliphatic carbocycles. The van der Waals surface area contributed by atoms with E-state index in [0.717, 1.165) is 18.2 Å². The van der Waals surface area contributed by atoms with Crippen LogP contribution in [-0.2, 0) is 0 Å². The van der Waals surface area contributed by atoms with E-state index in [-0.39, 0.29) is 18.9 Å². The fourth-order valence-electron chi connectivity index (χ4n) is 0.477. The zero-order valence-corrected chi connectivity index (χ0v) is 5.37. The molecule has 0 N–H and O–H groups in total. The van der Waals surface area contributed by atoms with Crippen molar-refractivity contribution in [3.8, 4) is 0 Å². The van der Waals surface area contributed by atoms with Crippen LogP contribution in [0.3, 0.4) is 0 Å². The van der Waals surface area contributed by atoms with Gasteiger partial charge >= 0.3 is 0 Å². The smallest absolute Gasteiger partial charge is 0.194 e. The number of hydrogen-bond donors (Lipinski definition) is 0. The molecule has 1 aromatic rings. The van der Waals surface area contributed by atoms with Crippen LogP contribution in [0.15, 0.2) is 18.2 Å². The topological polar surface area (TPSA) is 0 Å². The minimum Gasteiger partial charge on any atom is -0.204 e. The number of hydrogen-bond acceptors (Lipinski definition) is 0. The molecule has 0 bridgehead atoms. The third-order valence-corrected chi connectivity index (χ3v) is 0.904. The fraction of sp³-hybridized carbons (Fsp3) is 0. The molecule has 4 heteroatoms. The molecule has 0 saturated heterocycles. The predicted molar refractivity (Wildman–Crippen MR) is 32.1 cm³/mol. The summed E-state index contributed by atoms with van der Waals surface area (Å²) in [5.74, 6) is -3.73. The minimum atomic E-state index is -1.42. The van der Waals surface area contributed by atoms with Crippen LogP contribution in [0, 0.1) is 17.5 Å². The largest absolute Gasteiger partial charge is 0.204 e.